The van der Waals surface area contributed by atoms with E-state index in [2.05, 4.69) is 16.5 Å². The van der Waals surface area contributed by atoms with E-state index in [9.17, 15) is 9.59 Å². The SMILES string of the molecule is COc1cc(C=NOC(C)C(=O)O)cc(NC(C(=O)N2CC3(CC3)c3ccccc32)c2ccc(Cl)cc2)c1. The number of nitrogens with one attached hydrogen (secondary N) is 1. The van der Waals surface area contributed by atoms with Crippen molar-refractivity contribution in [2.45, 2.75) is 37.3 Å². The van der Waals surface area contributed by atoms with Crippen molar-refractivity contribution in [3.8, 4) is 5.75 Å². The molecule has 1 spiro atoms. The van der Waals surface area contributed by atoms with Crippen LogP contribution in [0.4, 0.5) is 11.4 Å². The fourth-order valence-corrected chi connectivity index (χ4v) is 4.92. The van der Waals surface area contributed by atoms with Gasteiger partial charge < -0.3 is 24.9 Å². The van der Waals surface area contributed by atoms with Crippen LogP contribution in [-0.4, -0.2) is 43.0 Å². The quantitative estimate of drug-likeness (QED) is 0.282. The number of carbonyl (C=O) groups excluding carboxylic acids is 1. The standard InChI is InChI=1S/C29H28ClN3O5/c1-18(28(35)36)38-31-16-19-13-22(15-23(14-19)37-2)32-26(20-7-9-21(30)10-8-20)27(34)33-17-29(11-12-29)24-5-3-4-6-25(24)33/h3-10,13-16,18,26,32H,11-12,17H2,1-2H3,(H,35,36). The van der Waals surface area contributed by atoms with Crippen molar-refractivity contribution in [1.29, 1.82) is 0 Å². The second-order valence-corrected chi connectivity index (χ2v) is 10.1. The first kappa shape index (κ1) is 25.6. The van der Waals surface area contributed by atoms with Crippen LogP contribution in [0.25, 0.3) is 0 Å². The molecule has 1 aliphatic carbocycles. The number of ether oxygens (including phenoxy) is 1. The number of fused-ring (bicyclic) bond motifs is 2. The summed E-state index contributed by atoms with van der Waals surface area (Å²) in [5.41, 5.74) is 4.25. The number of methoxy groups -OCH3 is 1. The number of carbonyl (C=O) groups is 2. The molecule has 196 valence electrons. The highest BCUT2D eigenvalue weighted by Gasteiger charge is 2.53. The predicted molar refractivity (Wildman–Crippen MR) is 146 cm³/mol. The molecule has 5 rings (SSSR count). The average Bonchev–Trinajstić information content (AvgIpc) is 3.63. The Labute approximate surface area is 225 Å². The summed E-state index contributed by atoms with van der Waals surface area (Å²) in [5, 5.41) is 16.8. The number of anilines is 2. The third-order valence-electron chi connectivity index (χ3n) is 7.04. The number of hydrogen-bond donors (Lipinski definition) is 2. The molecule has 1 saturated carbocycles. The smallest absolute Gasteiger partial charge is 0.347 e. The summed E-state index contributed by atoms with van der Waals surface area (Å²) in [5.74, 6) is -0.648. The van der Waals surface area contributed by atoms with Crippen LogP contribution in [0.5, 0.6) is 5.75 Å². The number of halogens is 1. The monoisotopic (exact) mass is 533 g/mol. The van der Waals surface area contributed by atoms with Crippen molar-refractivity contribution in [2.75, 3.05) is 23.9 Å². The normalized spacial score (nSPS) is 16.7. The van der Waals surface area contributed by atoms with Crippen molar-refractivity contribution >= 4 is 41.1 Å². The van der Waals surface area contributed by atoms with Gasteiger partial charge in [0.15, 0.2) is 0 Å². The van der Waals surface area contributed by atoms with E-state index in [1.807, 2.05) is 35.2 Å². The van der Waals surface area contributed by atoms with Crippen LogP contribution in [0.15, 0.2) is 71.9 Å². The molecule has 9 heteroatoms. The van der Waals surface area contributed by atoms with Crippen LogP contribution in [0, 0.1) is 0 Å². The Bertz CT molecular complexity index is 1390. The Morgan fingerprint density at radius 3 is 2.55 bits per heavy atom. The highest BCUT2D eigenvalue weighted by Crippen LogP contribution is 2.56. The molecule has 2 aliphatic rings. The van der Waals surface area contributed by atoms with Crippen molar-refractivity contribution in [2.24, 2.45) is 5.16 Å². The minimum absolute atomic E-state index is 0.0590. The number of amides is 1. The number of carboxylic acid groups (broad SMARTS) is 1. The van der Waals surface area contributed by atoms with E-state index in [0.29, 0.717) is 28.6 Å². The molecule has 1 fully saturated rings. The molecule has 0 radical (unpaired) electrons. The highest BCUT2D eigenvalue weighted by molar-refractivity contribution is 6.30. The number of aliphatic carboxylic acids is 1. The largest absolute Gasteiger partial charge is 0.497 e. The zero-order valence-corrected chi connectivity index (χ0v) is 21.8. The first-order chi connectivity index (χ1) is 18.3. The Balaban J connectivity index is 1.46. The van der Waals surface area contributed by atoms with Gasteiger partial charge in [0.05, 0.1) is 13.3 Å². The summed E-state index contributed by atoms with van der Waals surface area (Å²) in [6, 6.07) is 20.0. The van der Waals surface area contributed by atoms with Crippen LogP contribution in [0.1, 0.15) is 42.5 Å². The Hall–Kier alpha value is -4.04. The first-order valence-electron chi connectivity index (χ1n) is 12.3. The number of benzene rings is 3. The van der Waals surface area contributed by atoms with E-state index in [0.717, 1.165) is 24.1 Å². The zero-order valence-electron chi connectivity index (χ0n) is 21.1. The van der Waals surface area contributed by atoms with Crippen LogP contribution in [-0.2, 0) is 19.8 Å². The Morgan fingerprint density at radius 1 is 1.13 bits per heavy atom. The highest BCUT2D eigenvalue weighted by atomic mass is 35.5. The molecule has 8 nitrogen and oxygen atoms in total. The minimum Gasteiger partial charge on any atom is -0.497 e. The molecule has 2 atom stereocenters. The van der Waals surface area contributed by atoms with Crippen molar-refractivity contribution in [3.05, 3.63) is 88.4 Å². The lowest BCUT2D eigenvalue weighted by atomic mass is 9.99. The molecule has 3 aromatic carbocycles. The van der Waals surface area contributed by atoms with E-state index < -0.39 is 18.1 Å². The number of oxime groups is 1. The maximum Gasteiger partial charge on any atom is 0.347 e. The molecule has 0 aromatic heterocycles. The molecule has 1 amide bonds. The van der Waals surface area contributed by atoms with E-state index in [1.165, 1.54) is 18.7 Å². The van der Waals surface area contributed by atoms with Gasteiger partial charge in [0.2, 0.25) is 6.10 Å². The third kappa shape index (κ3) is 5.17. The maximum absolute atomic E-state index is 14.2. The van der Waals surface area contributed by atoms with Gasteiger partial charge in [0.1, 0.15) is 11.8 Å². The molecule has 2 unspecified atom stereocenters. The zero-order chi connectivity index (χ0) is 26.9. The predicted octanol–water partition coefficient (Wildman–Crippen LogP) is 5.40. The Kier molecular flexibility index (Phi) is 6.99. The van der Waals surface area contributed by atoms with Crippen molar-refractivity contribution in [3.63, 3.8) is 0 Å². The molecule has 1 heterocycles. The van der Waals surface area contributed by atoms with Crippen LogP contribution < -0.4 is 15.0 Å². The van der Waals surface area contributed by atoms with E-state index in [4.69, 9.17) is 26.3 Å². The summed E-state index contributed by atoms with van der Waals surface area (Å²) in [4.78, 5) is 32.0. The van der Waals surface area contributed by atoms with Crippen molar-refractivity contribution in [1.82, 2.24) is 0 Å². The average molecular weight is 534 g/mol. The number of hydrogen-bond acceptors (Lipinski definition) is 6. The van der Waals surface area contributed by atoms with Crippen molar-refractivity contribution < 1.29 is 24.3 Å². The lowest BCUT2D eigenvalue weighted by Gasteiger charge is -2.26. The van der Waals surface area contributed by atoms with E-state index in [1.54, 1.807) is 37.4 Å². The van der Waals surface area contributed by atoms with E-state index in [-0.39, 0.29) is 11.3 Å². The second-order valence-electron chi connectivity index (χ2n) is 9.67. The van der Waals surface area contributed by atoms with Gasteiger partial charge in [0.25, 0.3) is 5.91 Å². The van der Waals surface area contributed by atoms with Gasteiger partial charge in [-0.3, -0.25) is 4.79 Å². The van der Waals surface area contributed by atoms with Crippen LogP contribution >= 0.6 is 11.6 Å². The topological polar surface area (TPSA) is 100 Å². The number of rotatable bonds is 9. The maximum atomic E-state index is 14.2. The third-order valence-corrected chi connectivity index (χ3v) is 7.29. The second kappa shape index (κ2) is 10.4. The number of para-hydroxylation sites is 1. The van der Waals surface area contributed by atoms with Gasteiger partial charge in [-0.05, 0) is 61.2 Å². The molecule has 0 bridgehead atoms. The van der Waals surface area contributed by atoms with Crippen LogP contribution in [0.3, 0.4) is 0 Å². The molecule has 38 heavy (non-hydrogen) atoms. The summed E-state index contributed by atoms with van der Waals surface area (Å²) in [6.07, 6.45) is 2.47. The summed E-state index contributed by atoms with van der Waals surface area (Å²) in [7, 11) is 1.54. The summed E-state index contributed by atoms with van der Waals surface area (Å²) in [6.45, 7) is 2.05. The Morgan fingerprint density at radius 2 is 1.87 bits per heavy atom. The minimum atomic E-state index is -1.11. The van der Waals surface area contributed by atoms with Gasteiger partial charge in [-0.15, -0.1) is 0 Å². The molecular weight excluding hydrogens is 506 g/mol. The lowest BCUT2D eigenvalue weighted by molar-refractivity contribution is -0.149. The molecule has 3 aromatic rings. The summed E-state index contributed by atoms with van der Waals surface area (Å²) < 4.78 is 5.46. The lowest BCUT2D eigenvalue weighted by Crippen LogP contribution is -2.38. The van der Waals surface area contributed by atoms with Gasteiger partial charge in [-0.1, -0.05) is 47.1 Å². The van der Waals surface area contributed by atoms with Gasteiger partial charge in [-0.2, -0.15) is 0 Å². The number of nitrogens with zero attached hydrogens (tertiary/aromatic N) is 2. The molecule has 0 saturated heterocycles. The molecule has 2 N–H and O–H groups in total. The molecular formula is C29H28ClN3O5. The molecule has 1 aliphatic heterocycles. The van der Waals surface area contributed by atoms with Gasteiger partial charge in [0, 0.05) is 40.0 Å². The fourth-order valence-electron chi connectivity index (χ4n) is 4.80. The van der Waals surface area contributed by atoms with E-state index >= 15 is 0 Å². The summed E-state index contributed by atoms with van der Waals surface area (Å²) >= 11 is 6.15. The van der Waals surface area contributed by atoms with Crippen LogP contribution in [0.2, 0.25) is 5.02 Å². The number of carboxylic acids is 1. The fraction of sp³-hybridized carbons (Fsp3) is 0.276. The van der Waals surface area contributed by atoms with Gasteiger partial charge in [-0.25, -0.2) is 4.79 Å². The van der Waals surface area contributed by atoms with Gasteiger partial charge >= 0.3 is 5.97 Å². The first-order valence-corrected chi connectivity index (χ1v) is 12.7.